The monoisotopic (exact) mass is 285 g/mol. The number of aldehydes is 1. The molecule has 0 radical (unpaired) electrons. The largest absolute Gasteiger partial charge is 0.417 e. The van der Waals surface area contributed by atoms with E-state index in [1.165, 1.54) is 0 Å². The molecule has 1 aliphatic heterocycles. The number of carbonyl (C=O) groups excluding carboxylic acids is 2. The van der Waals surface area contributed by atoms with E-state index >= 15 is 0 Å². The first-order valence-electron chi connectivity index (χ1n) is 7.03. The van der Waals surface area contributed by atoms with Crippen LogP contribution in [0.5, 0.6) is 0 Å². The van der Waals surface area contributed by atoms with Gasteiger partial charge in [0.25, 0.3) is 0 Å². The second kappa shape index (κ2) is 6.18. The Labute approximate surface area is 117 Å². The van der Waals surface area contributed by atoms with Crippen molar-refractivity contribution in [2.75, 3.05) is 19.7 Å². The van der Waals surface area contributed by atoms with Gasteiger partial charge in [0, 0.05) is 19.6 Å². The van der Waals surface area contributed by atoms with Gasteiger partial charge in [-0.05, 0) is 30.5 Å². The zero-order valence-electron chi connectivity index (χ0n) is 12.9. The quantitative estimate of drug-likeness (QED) is 0.576. The average Bonchev–Trinajstić information content (AvgIpc) is 2.28. The molecule has 110 valence electrons. The Balaban J connectivity index is 2.45. The van der Waals surface area contributed by atoms with Gasteiger partial charge in [0.2, 0.25) is 5.91 Å². The summed E-state index contributed by atoms with van der Waals surface area (Å²) in [6.45, 7) is 12.7. The van der Waals surface area contributed by atoms with Gasteiger partial charge in [-0.15, -0.1) is 0 Å². The molecular weight excluding hydrogens is 258 g/mol. The van der Waals surface area contributed by atoms with Gasteiger partial charge in [-0.1, -0.05) is 20.8 Å². The Bertz CT molecular complexity index is 336. The molecule has 0 N–H and O–H groups in total. The van der Waals surface area contributed by atoms with Gasteiger partial charge in [0.15, 0.2) is 8.32 Å². The zero-order valence-corrected chi connectivity index (χ0v) is 13.9. The molecule has 0 aromatic heterocycles. The van der Waals surface area contributed by atoms with Crippen LogP contribution < -0.4 is 0 Å². The Hall–Kier alpha value is -0.683. The highest BCUT2D eigenvalue weighted by Gasteiger charge is 2.38. The van der Waals surface area contributed by atoms with Gasteiger partial charge in [0.1, 0.15) is 6.29 Å². The first-order chi connectivity index (χ1) is 8.67. The van der Waals surface area contributed by atoms with Gasteiger partial charge in [0.05, 0.1) is 6.54 Å². The van der Waals surface area contributed by atoms with Gasteiger partial charge in [-0.2, -0.15) is 0 Å². The van der Waals surface area contributed by atoms with Crippen molar-refractivity contribution >= 4 is 20.5 Å². The molecule has 0 saturated carbocycles. The van der Waals surface area contributed by atoms with E-state index in [4.69, 9.17) is 4.43 Å². The lowest BCUT2D eigenvalue weighted by atomic mass is 9.97. The first kappa shape index (κ1) is 16.4. The number of likely N-dealkylation sites (tertiary alicyclic amines) is 1. The van der Waals surface area contributed by atoms with Crippen LogP contribution in [0.15, 0.2) is 0 Å². The summed E-state index contributed by atoms with van der Waals surface area (Å²) in [6.07, 6.45) is 2.25. The molecule has 0 bridgehead atoms. The standard InChI is InChI=1S/C14H27NO3Si/c1-14(2,3)19(4,5)18-11-12-6-7-15(8-9-16)13(17)10-12/h9,12H,6-8,10-11H2,1-5H3. The van der Waals surface area contributed by atoms with Crippen molar-refractivity contribution in [3.8, 4) is 0 Å². The van der Waals surface area contributed by atoms with Crippen molar-refractivity contribution in [3.05, 3.63) is 0 Å². The third kappa shape index (κ3) is 4.42. The lowest BCUT2D eigenvalue weighted by Gasteiger charge is -2.38. The van der Waals surface area contributed by atoms with Crippen molar-refractivity contribution in [2.45, 2.75) is 51.7 Å². The number of rotatable bonds is 5. The summed E-state index contributed by atoms with van der Waals surface area (Å²) < 4.78 is 6.18. The Kier molecular flexibility index (Phi) is 5.32. The van der Waals surface area contributed by atoms with Crippen molar-refractivity contribution in [3.63, 3.8) is 0 Å². The van der Waals surface area contributed by atoms with Crippen LogP contribution in [0.4, 0.5) is 0 Å². The molecule has 0 aromatic rings. The molecule has 1 rings (SSSR count). The molecule has 1 atom stereocenters. The maximum atomic E-state index is 11.8. The predicted molar refractivity (Wildman–Crippen MR) is 78.5 cm³/mol. The van der Waals surface area contributed by atoms with E-state index in [9.17, 15) is 9.59 Å². The van der Waals surface area contributed by atoms with Crippen LogP contribution >= 0.6 is 0 Å². The van der Waals surface area contributed by atoms with E-state index in [-0.39, 0.29) is 17.5 Å². The summed E-state index contributed by atoms with van der Waals surface area (Å²) in [5, 5.41) is 0.204. The highest BCUT2D eigenvalue weighted by atomic mass is 28.4. The second-order valence-corrected chi connectivity index (χ2v) is 11.7. The van der Waals surface area contributed by atoms with Crippen LogP contribution in [0.1, 0.15) is 33.6 Å². The SMILES string of the molecule is CC(C)(C)[Si](C)(C)OCC1CCN(CC=O)C(=O)C1. The molecule has 1 amide bonds. The van der Waals surface area contributed by atoms with Crippen LogP contribution in [-0.2, 0) is 14.0 Å². The Morgan fingerprint density at radius 3 is 2.53 bits per heavy atom. The number of carbonyl (C=O) groups is 2. The fourth-order valence-corrected chi connectivity index (χ4v) is 2.99. The van der Waals surface area contributed by atoms with Crippen LogP contribution in [0.25, 0.3) is 0 Å². The summed E-state index contributed by atoms with van der Waals surface area (Å²) in [4.78, 5) is 23.9. The summed E-state index contributed by atoms with van der Waals surface area (Å²) >= 11 is 0. The van der Waals surface area contributed by atoms with Crippen LogP contribution in [-0.4, -0.2) is 45.1 Å². The van der Waals surface area contributed by atoms with Gasteiger partial charge >= 0.3 is 0 Å². The third-order valence-electron chi connectivity index (χ3n) is 4.40. The van der Waals surface area contributed by atoms with E-state index in [0.29, 0.717) is 25.5 Å². The number of hydrogen-bond acceptors (Lipinski definition) is 3. The lowest BCUT2D eigenvalue weighted by Crippen LogP contribution is -2.45. The third-order valence-corrected chi connectivity index (χ3v) is 8.90. The lowest BCUT2D eigenvalue weighted by molar-refractivity contribution is -0.137. The van der Waals surface area contributed by atoms with Gasteiger partial charge < -0.3 is 14.1 Å². The molecule has 1 unspecified atom stereocenters. The minimum absolute atomic E-state index is 0.0854. The number of piperidine rings is 1. The minimum Gasteiger partial charge on any atom is -0.417 e. The van der Waals surface area contributed by atoms with E-state index < -0.39 is 8.32 Å². The zero-order chi connectivity index (χ0) is 14.7. The predicted octanol–water partition coefficient (Wildman–Crippen LogP) is 2.45. The molecule has 0 aromatic carbocycles. The highest BCUT2D eigenvalue weighted by molar-refractivity contribution is 6.74. The Morgan fingerprint density at radius 1 is 1.42 bits per heavy atom. The van der Waals surface area contributed by atoms with E-state index in [1.807, 2.05) is 0 Å². The Morgan fingerprint density at radius 2 is 2.05 bits per heavy atom. The summed E-state index contributed by atoms with van der Waals surface area (Å²) in [6, 6.07) is 0. The molecule has 5 heteroatoms. The van der Waals surface area contributed by atoms with Crippen molar-refractivity contribution in [1.29, 1.82) is 0 Å². The van der Waals surface area contributed by atoms with Crippen molar-refractivity contribution < 1.29 is 14.0 Å². The topological polar surface area (TPSA) is 46.6 Å². The molecule has 1 saturated heterocycles. The highest BCUT2D eigenvalue weighted by Crippen LogP contribution is 2.37. The molecule has 1 heterocycles. The summed E-state index contributed by atoms with van der Waals surface area (Å²) in [5.41, 5.74) is 0. The first-order valence-corrected chi connectivity index (χ1v) is 9.93. The van der Waals surface area contributed by atoms with Crippen LogP contribution in [0, 0.1) is 5.92 Å². The summed E-state index contributed by atoms with van der Waals surface area (Å²) in [7, 11) is -1.72. The maximum absolute atomic E-state index is 11.8. The van der Waals surface area contributed by atoms with Crippen molar-refractivity contribution in [1.82, 2.24) is 4.90 Å². The van der Waals surface area contributed by atoms with Crippen LogP contribution in [0.3, 0.4) is 0 Å². The van der Waals surface area contributed by atoms with E-state index in [1.54, 1.807) is 4.90 Å². The normalized spacial score (nSPS) is 21.6. The fraction of sp³-hybridized carbons (Fsp3) is 0.857. The van der Waals surface area contributed by atoms with E-state index in [2.05, 4.69) is 33.9 Å². The maximum Gasteiger partial charge on any atom is 0.223 e. The molecule has 1 fully saturated rings. The molecule has 1 aliphatic rings. The number of amides is 1. The van der Waals surface area contributed by atoms with Crippen LogP contribution in [0.2, 0.25) is 18.1 Å². The molecule has 0 spiro atoms. The van der Waals surface area contributed by atoms with Gasteiger partial charge in [-0.25, -0.2) is 0 Å². The molecule has 4 nitrogen and oxygen atoms in total. The summed E-state index contributed by atoms with van der Waals surface area (Å²) in [5.74, 6) is 0.395. The fourth-order valence-electron chi connectivity index (χ4n) is 1.91. The van der Waals surface area contributed by atoms with Crippen molar-refractivity contribution in [2.24, 2.45) is 5.92 Å². The van der Waals surface area contributed by atoms with E-state index in [0.717, 1.165) is 12.7 Å². The second-order valence-electron chi connectivity index (χ2n) is 6.94. The molecule has 19 heavy (non-hydrogen) atoms. The number of hydrogen-bond donors (Lipinski definition) is 0. The number of nitrogens with zero attached hydrogens (tertiary/aromatic N) is 1. The average molecular weight is 285 g/mol. The molecular formula is C14H27NO3Si. The molecule has 0 aliphatic carbocycles. The minimum atomic E-state index is -1.72. The smallest absolute Gasteiger partial charge is 0.223 e. The van der Waals surface area contributed by atoms with Gasteiger partial charge in [-0.3, -0.25) is 4.79 Å².